The highest BCUT2D eigenvalue weighted by atomic mass is 79.9. The van der Waals surface area contributed by atoms with Crippen LogP contribution in [0, 0.1) is 35.5 Å². The Morgan fingerprint density at radius 1 is 0.846 bits per heavy atom. The van der Waals surface area contributed by atoms with Crippen molar-refractivity contribution in [2.75, 3.05) is 0 Å². The first-order valence-electron chi connectivity index (χ1n) is 4.96. The highest BCUT2D eigenvalue weighted by molar-refractivity contribution is 9.25. The fourth-order valence-corrected chi connectivity index (χ4v) is 6.04. The number of alkyl halides is 2. The van der Waals surface area contributed by atoms with Crippen molar-refractivity contribution in [3.63, 3.8) is 0 Å². The molecule has 4 rings (SSSR count). The van der Waals surface area contributed by atoms with E-state index in [1.807, 2.05) is 0 Å². The Bertz CT molecular complexity index is 312. The van der Waals surface area contributed by atoms with Crippen LogP contribution in [0.4, 0.5) is 0 Å². The Hall–Kier alpha value is 0.440. The number of hydrogen-bond acceptors (Lipinski definition) is 0. The normalized spacial score (nSPS) is 62.6. The summed E-state index contributed by atoms with van der Waals surface area (Å²) in [6, 6.07) is 0. The summed E-state index contributed by atoms with van der Waals surface area (Å²) in [6.45, 7) is 0. The van der Waals surface area contributed by atoms with Gasteiger partial charge in [-0.1, -0.05) is 56.2 Å². The Labute approximate surface area is 94.7 Å². The predicted octanol–water partition coefficient (Wildman–Crippen LogP) is 3.34. The van der Waals surface area contributed by atoms with Crippen LogP contribution in [0.2, 0.25) is 0 Å². The Morgan fingerprint density at radius 2 is 1.38 bits per heavy atom. The van der Waals surface area contributed by atoms with Crippen LogP contribution in [0.15, 0.2) is 24.3 Å². The lowest BCUT2D eigenvalue weighted by Crippen LogP contribution is -2.20. The fourth-order valence-electron chi connectivity index (χ4n) is 3.95. The van der Waals surface area contributed by atoms with Crippen molar-refractivity contribution in [1.29, 1.82) is 0 Å². The molecule has 0 nitrogen and oxygen atoms in total. The standard InChI is InChI=1S/C11H10Br2/c12-11(13)9-6-3-1-5-2-4-7(8(5)6)10(9)11/h1-10H/t5?,6-,7+,8?,9+,10-. The number of hydrogen-bond donors (Lipinski definition) is 0. The quantitative estimate of drug-likeness (QED) is 0.475. The molecule has 4 aliphatic rings. The van der Waals surface area contributed by atoms with Gasteiger partial charge in [0.05, 0.1) is 3.23 Å². The molecule has 2 unspecified atom stereocenters. The van der Waals surface area contributed by atoms with Crippen LogP contribution in [-0.4, -0.2) is 3.23 Å². The molecule has 0 aromatic rings. The van der Waals surface area contributed by atoms with Gasteiger partial charge in [-0.05, 0) is 35.5 Å². The molecule has 4 aliphatic carbocycles. The zero-order chi connectivity index (χ0) is 8.79. The third-order valence-corrected chi connectivity index (χ3v) is 6.56. The van der Waals surface area contributed by atoms with E-state index < -0.39 is 0 Å². The van der Waals surface area contributed by atoms with Crippen molar-refractivity contribution in [1.82, 2.24) is 0 Å². The summed E-state index contributed by atoms with van der Waals surface area (Å²) in [4.78, 5) is 0. The van der Waals surface area contributed by atoms with Crippen LogP contribution in [-0.2, 0) is 0 Å². The van der Waals surface area contributed by atoms with Crippen molar-refractivity contribution in [3.8, 4) is 0 Å². The first-order chi connectivity index (χ1) is 6.21. The zero-order valence-corrected chi connectivity index (χ0v) is 10.2. The zero-order valence-electron chi connectivity index (χ0n) is 7.03. The molecule has 0 aromatic carbocycles. The van der Waals surface area contributed by atoms with E-state index in [0.717, 1.165) is 35.5 Å². The van der Waals surface area contributed by atoms with Gasteiger partial charge in [0.25, 0.3) is 0 Å². The van der Waals surface area contributed by atoms with Gasteiger partial charge in [-0.2, -0.15) is 0 Å². The molecule has 0 bridgehead atoms. The summed E-state index contributed by atoms with van der Waals surface area (Å²) in [5, 5.41) is 0. The summed E-state index contributed by atoms with van der Waals surface area (Å²) in [5.74, 6) is 5.10. The first-order valence-corrected chi connectivity index (χ1v) is 6.54. The largest absolute Gasteiger partial charge is 0.0880 e. The van der Waals surface area contributed by atoms with Gasteiger partial charge in [0, 0.05) is 0 Å². The topological polar surface area (TPSA) is 0 Å². The summed E-state index contributed by atoms with van der Waals surface area (Å²) in [6.07, 6.45) is 9.74. The van der Waals surface area contributed by atoms with Crippen LogP contribution in [0.25, 0.3) is 0 Å². The van der Waals surface area contributed by atoms with Crippen LogP contribution < -0.4 is 0 Å². The fraction of sp³-hybridized carbons (Fsp3) is 0.636. The predicted molar refractivity (Wildman–Crippen MR) is 59.8 cm³/mol. The van der Waals surface area contributed by atoms with Gasteiger partial charge in [-0.25, -0.2) is 0 Å². The second-order valence-corrected chi connectivity index (χ2v) is 8.49. The molecule has 0 saturated heterocycles. The minimum atomic E-state index is 0.278. The Balaban J connectivity index is 1.85. The van der Waals surface area contributed by atoms with E-state index in [1.165, 1.54) is 0 Å². The second-order valence-electron chi connectivity index (χ2n) is 4.81. The lowest BCUT2D eigenvalue weighted by Gasteiger charge is -2.22. The summed E-state index contributed by atoms with van der Waals surface area (Å²) in [5.41, 5.74) is 0. The smallest absolute Gasteiger partial charge is 0.0841 e. The molecule has 68 valence electrons. The molecule has 0 amide bonds. The molecular weight excluding hydrogens is 292 g/mol. The number of allylic oxidation sites excluding steroid dienone is 4. The van der Waals surface area contributed by atoms with Crippen molar-refractivity contribution < 1.29 is 0 Å². The Kier molecular flexibility index (Phi) is 1.19. The number of rotatable bonds is 0. The lowest BCUT2D eigenvalue weighted by atomic mass is 9.85. The van der Waals surface area contributed by atoms with E-state index in [-0.39, 0.29) is 3.23 Å². The van der Waals surface area contributed by atoms with Crippen LogP contribution >= 0.6 is 31.9 Å². The van der Waals surface area contributed by atoms with E-state index in [2.05, 4.69) is 56.2 Å². The van der Waals surface area contributed by atoms with Gasteiger partial charge in [-0.15, -0.1) is 0 Å². The summed E-state index contributed by atoms with van der Waals surface area (Å²) in [7, 11) is 0. The second kappa shape index (κ2) is 2.01. The molecule has 13 heavy (non-hydrogen) atoms. The molecule has 2 saturated carbocycles. The highest BCUT2D eigenvalue weighted by Crippen LogP contribution is 2.78. The maximum atomic E-state index is 3.81. The van der Waals surface area contributed by atoms with E-state index in [1.54, 1.807) is 0 Å². The van der Waals surface area contributed by atoms with Crippen LogP contribution in [0.3, 0.4) is 0 Å². The Morgan fingerprint density at radius 3 is 1.92 bits per heavy atom. The van der Waals surface area contributed by atoms with Crippen molar-refractivity contribution in [2.24, 2.45) is 35.5 Å². The van der Waals surface area contributed by atoms with Gasteiger partial charge >= 0.3 is 0 Å². The lowest BCUT2D eigenvalue weighted by molar-refractivity contribution is 0.342. The molecule has 0 heterocycles. The van der Waals surface area contributed by atoms with E-state index in [4.69, 9.17) is 0 Å². The van der Waals surface area contributed by atoms with Crippen LogP contribution in [0.1, 0.15) is 0 Å². The monoisotopic (exact) mass is 300 g/mol. The van der Waals surface area contributed by atoms with E-state index >= 15 is 0 Å². The first kappa shape index (κ1) is 7.70. The van der Waals surface area contributed by atoms with Gasteiger partial charge in [-0.3, -0.25) is 0 Å². The van der Waals surface area contributed by atoms with Crippen molar-refractivity contribution in [2.45, 2.75) is 3.23 Å². The average molecular weight is 302 g/mol. The molecule has 0 radical (unpaired) electrons. The number of halogens is 2. The summed E-state index contributed by atoms with van der Waals surface area (Å²) >= 11 is 7.63. The van der Waals surface area contributed by atoms with Gasteiger partial charge in [0.15, 0.2) is 0 Å². The summed E-state index contributed by atoms with van der Waals surface area (Å²) < 4.78 is 0.278. The molecule has 2 fully saturated rings. The van der Waals surface area contributed by atoms with Crippen molar-refractivity contribution >= 4 is 31.9 Å². The molecule has 0 aliphatic heterocycles. The average Bonchev–Trinajstić information content (AvgIpc) is 2.56. The minimum absolute atomic E-state index is 0.278. The van der Waals surface area contributed by atoms with E-state index in [0.29, 0.717) is 0 Å². The van der Waals surface area contributed by atoms with Gasteiger partial charge < -0.3 is 0 Å². The third kappa shape index (κ3) is 0.687. The van der Waals surface area contributed by atoms with Crippen molar-refractivity contribution in [3.05, 3.63) is 24.3 Å². The molecule has 2 heteroatoms. The molecule has 0 aromatic heterocycles. The van der Waals surface area contributed by atoms with Gasteiger partial charge in [0.2, 0.25) is 0 Å². The van der Waals surface area contributed by atoms with Crippen LogP contribution in [0.5, 0.6) is 0 Å². The third-order valence-electron chi connectivity index (χ3n) is 4.44. The van der Waals surface area contributed by atoms with E-state index in [9.17, 15) is 0 Å². The molecular formula is C11H10Br2. The SMILES string of the molecule is BrC1(Br)[C@@H]2[C@H]1[C@H]1C=CC3C=C[C@@H]2C31. The minimum Gasteiger partial charge on any atom is -0.0841 e. The number of fused-ring (bicyclic) bond motifs is 3. The molecule has 6 atom stereocenters. The molecule has 0 spiro atoms. The maximum Gasteiger partial charge on any atom is 0.0880 e. The van der Waals surface area contributed by atoms with Gasteiger partial charge in [0.1, 0.15) is 0 Å². The highest BCUT2D eigenvalue weighted by Gasteiger charge is 2.75. The molecule has 0 N–H and O–H groups in total. The maximum absolute atomic E-state index is 3.81.